The summed E-state index contributed by atoms with van der Waals surface area (Å²) in [6.07, 6.45) is 2.63. The van der Waals surface area contributed by atoms with E-state index in [9.17, 15) is 0 Å². The van der Waals surface area contributed by atoms with Gasteiger partial charge in [-0.3, -0.25) is 0 Å². The van der Waals surface area contributed by atoms with Crippen molar-refractivity contribution in [1.29, 1.82) is 0 Å². The topological polar surface area (TPSA) is 0 Å². The van der Waals surface area contributed by atoms with E-state index in [1.807, 2.05) is 0 Å². The smallest absolute Gasteiger partial charge is 0.0306 e. The Morgan fingerprint density at radius 2 is 1.27 bits per heavy atom. The van der Waals surface area contributed by atoms with Gasteiger partial charge in [0.1, 0.15) is 0 Å². The Bertz CT molecular complexity index is 93.1. The van der Waals surface area contributed by atoms with E-state index in [1.54, 1.807) is 0 Å². The lowest BCUT2D eigenvalue weighted by atomic mass is 9.67. The van der Waals surface area contributed by atoms with Gasteiger partial charge in [-0.05, 0) is 17.3 Å². The van der Waals surface area contributed by atoms with Crippen molar-refractivity contribution in [3.05, 3.63) is 0 Å². The summed E-state index contributed by atoms with van der Waals surface area (Å²) in [5.74, 6) is 0. The highest BCUT2D eigenvalue weighted by Gasteiger charge is 2.31. The van der Waals surface area contributed by atoms with E-state index >= 15 is 0 Å². The van der Waals surface area contributed by atoms with Gasteiger partial charge in [0.25, 0.3) is 0 Å². The second kappa shape index (κ2) is 4.13. The van der Waals surface area contributed by atoms with Gasteiger partial charge in [0.2, 0.25) is 0 Å². The third-order valence-corrected chi connectivity index (χ3v) is 2.91. The molecule has 0 heterocycles. The molecule has 0 aliphatic rings. The molecule has 0 rings (SSSR count). The van der Waals surface area contributed by atoms with Gasteiger partial charge in [0.05, 0.1) is 0 Å². The van der Waals surface area contributed by atoms with Gasteiger partial charge >= 0.3 is 0 Å². The zero-order valence-corrected chi connectivity index (χ0v) is 8.41. The van der Waals surface area contributed by atoms with Gasteiger partial charge < -0.3 is 0 Å². The minimum atomic E-state index is 0. The van der Waals surface area contributed by atoms with Gasteiger partial charge in [-0.15, -0.1) is 0 Å². The second-order valence-corrected chi connectivity index (χ2v) is 4.88. The normalized spacial score (nSPS) is 12.5. The van der Waals surface area contributed by atoms with Crippen molar-refractivity contribution < 1.29 is 0 Å². The predicted molar refractivity (Wildman–Crippen MR) is 54.9 cm³/mol. The predicted octanol–water partition coefficient (Wildman–Crippen LogP) is 4.49. The van der Waals surface area contributed by atoms with E-state index in [4.69, 9.17) is 0 Å². The minimum absolute atomic E-state index is 0. The zero-order valence-electron chi connectivity index (χ0n) is 8.41. The van der Waals surface area contributed by atoms with Gasteiger partial charge in [0, 0.05) is 0 Å². The highest BCUT2D eigenvalue weighted by atomic mass is 14.4. The van der Waals surface area contributed by atoms with Crippen LogP contribution in [0.4, 0.5) is 0 Å². The Kier molecular flexibility index (Phi) is 5.10. The maximum absolute atomic E-state index is 2.36. The molecule has 0 unspecified atom stereocenters. The fourth-order valence-corrected chi connectivity index (χ4v) is 1.000. The quantitative estimate of drug-likeness (QED) is 0.555. The standard InChI is InChI=1S/C10H22.CH4/c1-7-8-10(5,6)9(2,3)4;/h7-8H2,1-6H3;1H4. The third kappa shape index (κ3) is 3.79. The summed E-state index contributed by atoms with van der Waals surface area (Å²) in [4.78, 5) is 0. The van der Waals surface area contributed by atoms with E-state index in [1.165, 1.54) is 12.8 Å². The monoisotopic (exact) mass is 158 g/mol. The lowest BCUT2D eigenvalue weighted by molar-refractivity contribution is 0.119. The van der Waals surface area contributed by atoms with E-state index in [0.717, 1.165) is 0 Å². The van der Waals surface area contributed by atoms with Crippen molar-refractivity contribution in [3.8, 4) is 0 Å². The highest BCUT2D eigenvalue weighted by molar-refractivity contribution is 4.81. The van der Waals surface area contributed by atoms with Crippen molar-refractivity contribution >= 4 is 0 Å². The van der Waals surface area contributed by atoms with Gasteiger partial charge in [-0.1, -0.05) is 55.4 Å². The molecule has 0 N–H and O–H groups in total. The van der Waals surface area contributed by atoms with Crippen LogP contribution in [0.1, 0.15) is 61.8 Å². The lowest BCUT2D eigenvalue weighted by Crippen LogP contribution is -2.29. The summed E-state index contributed by atoms with van der Waals surface area (Å²) >= 11 is 0. The van der Waals surface area contributed by atoms with Gasteiger partial charge in [-0.2, -0.15) is 0 Å². The third-order valence-electron chi connectivity index (χ3n) is 2.91. The summed E-state index contributed by atoms with van der Waals surface area (Å²) < 4.78 is 0. The second-order valence-electron chi connectivity index (χ2n) is 4.88. The molecule has 0 saturated heterocycles. The Balaban J connectivity index is 0. The summed E-state index contributed by atoms with van der Waals surface area (Å²) in [6, 6.07) is 0. The molecule has 0 radical (unpaired) electrons. The lowest BCUT2D eigenvalue weighted by Gasteiger charge is -2.38. The van der Waals surface area contributed by atoms with Crippen LogP contribution in [0.3, 0.4) is 0 Å². The molecule has 0 nitrogen and oxygen atoms in total. The molecule has 0 aromatic rings. The van der Waals surface area contributed by atoms with Crippen LogP contribution < -0.4 is 0 Å². The van der Waals surface area contributed by atoms with Crippen molar-refractivity contribution in [2.45, 2.75) is 61.8 Å². The molecule has 11 heavy (non-hydrogen) atoms. The summed E-state index contributed by atoms with van der Waals surface area (Å²) in [5.41, 5.74) is 0.935. The maximum atomic E-state index is 2.36. The summed E-state index contributed by atoms with van der Waals surface area (Å²) in [7, 11) is 0. The number of hydrogen-bond acceptors (Lipinski definition) is 0. The number of hydrogen-bond donors (Lipinski definition) is 0. The Labute approximate surface area is 73.4 Å². The van der Waals surface area contributed by atoms with Crippen LogP contribution in [-0.4, -0.2) is 0 Å². The van der Waals surface area contributed by atoms with E-state index in [2.05, 4.69) is 41.5 Å². The molecular formula is C11H26. The first-order chi connectivity index (χ1) is 4.31. The molecule has 0 aliphatic carbocycles. The number of rotatable bonds is 2. The molecule has 0 aromatic carbocycles. The van der Waals surface area contributed by atoms with Crippen LogP contribution in [0.2, 0.25) is 0 Å². The van der Waals surface area contributed by atoms with Crippen LogP contribution in [0.15, 0.2) is 0 Å². The SMILES string of the molecule is C.CCCC(C)(C)C(C)(C)C. The van der Waals surface area contributed by atoms with E-state index < -0.39 is 0 Å². The first-order valence-corrected chi connectivity index (χ1v) is 4.31. The van der Waals surface area contributed by atoms with Crippen LogP contribution in [0.5, 0.6) is 0 Å². The molecular weight excluding hydrogens is 132 g/mol. The molecule has 70 valence electrons. The minimum Gasteiger partial charge on any atom is -0.0776 e. The zero-order chi connectivity index (χ0) is 8.41. The Hall–Kier alpha value is 0. The molecule has 0 spiro atoms. The van der Waals surface area contributed by atoms with Crippen molar-refractivity contribution in [1.82, 2.24) is 0 Å². The van der Waals surface area contributed by atoms with Crippen molar-refractivity contribution in [2.24, 2.45) is 10.8 Å². The van der Waals surface area contributed by atoms with Crippen LogP contribution in [0, 0.1) is 10.8 Å². The molecule has 0 atom stereocenters. The first kappa shape index (κ1) is 13.6. The van der Waals surface area contributed by atoms with Crippen LogP contribution >= 0.6 is 0 Å². The Morgan fingerprint density at radius 1 is 0.909 bits per heavy atom. The van der Waals surface area contributed by atoms with Crippen molar-refractivity contribution in [2.75, 3.05) is 0 Å². The molecule has 0 bridgehead atoms. The molecule has 0 amide bonds. The highest BCUT2D eigenvalue weighted by Crippen LogP contribution is 2.41. The average Bonchev–Trinajstić information content (AvgIpc) is 1.61. The average molecular weight is 158 g/mol. The molecule has 0 aromatic heterocycles. The maximum Gasteiger partial charge on any atom is -0.0306 e. The van der Waals surface area contributed by atoms with E-state index in [0.29, 0.717) is 10.8 Å². The van der Waals surface area contributed by atoms with Crippen molar-refractivity contribution in [3.63, 3.8) is 0 Å². The molecule has 0 saturated carbocycles. The summed E-state index contributed by atoms with van der Waals surface area (Å²) in [6.45, 7) is 13.9. The summed E-state index contributed by atoms with van der Waals surface area (Å²) in [5, 5.41) is 0. The fourth-order valence-electron chi connectivity index (χ4n) is 1.000. The molecule has 0 fully saturated rings. The molecule has 0 aliphatic heterocycles. The van der Waals surface area contributed by atoms with Gasteiger partial charge in [0.15, 0.2) is 0 Å². The van der Waals surface area contributed by atoms with E-state index in [-0.39, 0.29) is 7.43 Å². The van der Waals surface area contributed by atoms with Crippen LogP contribution in [-0.2, 0) is 0 Å². The van der Waals surface area contributed by atoms with Gasteiger partial charge in [-0.25, -0.2) is 0 Å². The first-order valence-electron chi connectivity index (χ1n) is 4.31. The molecule has 0 heteroatoms. The largest absolute Gasteiger partial charge is 0.0776 e. The van der Waals surface area contributed by atoms with Crippen LogP contribution in [0.25, 0.3) is 0 Å². The fraction of sp³-hybridized carbons (Fsp3) is 1.00. The Morgan fingerprint density at radius 3 is 1.36 bits per heavy atom.